The fourth-order valence-electron chi connectivity index (χ4n) is 3.19. The summed E-state index contributed by atoms with van der Waals surface area (Å²) in [5, 5.41) is 6.39. The van der Waals surface area contributed by atoms with Crippen LogP contribution in [0.3, 0.4) is 0 Å². The van der Waals surface area contributed by atoms with E-state index in [9.17, 15) is 0 Å². The highest BCUT2D eigenvalue weighted by Gasteiger charge is 2.42. The number of rotatable bonds is 1. The Morgan fingerprint density at radius 2 is 1.95 bits per heavy atom. The van der Waals surface area contributed by atoms with Crippen molar-refractivity contribution < 1.29 is 0 Å². The molecule has 3 rings (SSSR count). The highest BCUT2D eigenvalue weighted by atomic mass is 32.1. The molecule has 2 aliphatic rings. The van der Waals surface area contributed by atoms with Crippen LogP contribution in [0.25, 0.3) is 0 Å². The fraction of sp³-hybridized carbons (Fsp3) is 0.562. The Hall–Kier alpha value is -1.13. The minimum Gasteiger partial charge on any atom is -0.342 e. The summed E-state index contributed by atoms with van der Waals surface area (Å²) >= 11 is 5.56. The van der Waals surface area contributed by atoms with Gasteiger partial charge in [0.25, 0.3) is 0 Å². The Labute approximate surface area is 126 Å². The number of aryl methyl sites for hydroxylation is 1. The molecule has 3 nitrogen and oxygen atoms in total. The van der Waals surface area contributed by atoms with E-state index in [0.29, 0.717) is 0 Å². The number of benzene rings is 1. The van der Waals surface area contributed by atoms with Crippen LogP contribution in [0.2, 0.25) is 0 Å². The largest absolute Gasteiger partial charge is 0.342 e. The molecule has 1 aromatic rings. The van der Waals surface area contributed by atoms with E-state index in [1.54, 1.807) is 0 Å². The number of anilines is 1. The lowest BCUT2D eigenvalue weighted by Crippen LogP contribution is -2.53. The topological polar surface area (TPSA) is 27.3 Å². The molecule has 1 saturated carbocycles. The summed E-state index contributed by atoms with van der Waals surface area (Å²) in [5.74, 6) is 0.826. The zero-order valence-electron chi connectivity index (χ0n) is 12.5. The van der Waals surface area contributed by atoms with Crippen LogP contribution in [0, 0.1) is 19.8 Å². The van der Waals surface area contributed by atoms with E-state index >= 15 is 0 Å². The van der Waals surface area contributed by atoms with Gasteiger partial charge in [-0.2, -0.15) is 0 Å². The van der Waals surface area contributed by atoms with Crippen molar-refractivity contribution in [3.05, 3.63) is 29.3 Å². The first-order chi connectivity index (χ1) is 9.51. The van der Waals surface area contributed by atoms with Gasteiger partial charge in [-0.1, -0.05) is 19.1 Å². The molecule has 20 heavy (non-hydrogen) atoms. The molecule has 0 atom stereocenters. The molecule has 1 aliphatic carbocycles. The Balaban J connectivity index is 1.86. The molecule has 1 aromatic carbocycles. The molecule has 4 heteroatoms. The third kappa shape index (κ3) is 2.31. The van der Waals surface area contributed by atoms with E-state index in [1.165, 1.54) is 24.0 Å². The van der Waals surface area contributed by atoms with Crippen molar-refractivity contribution in [1.82, 2.24) is 10.7 Å². The molecule has 2 fully saturated rings. The predicted octanol–water partition coefficient (Wildman–Crippen LogP) is 3.41. The van der Waals surface area contributed by atoms with Crippen LogP contribution < -0.4 is 15.8 Å². The van der Waals surface area contributed by atoms with Gasteiger partial charge in [0.05, 0.1) is 5.69 Å². The lowest BCUT2D eigenvalue weighted by molar-refractivity contribution is 0.200. The van der Waals surface area contributed by atoms with Crippen molar-refractivity contribution in [1.29, 1.82) is 0 Å². The van der Waals surface area contributed by atoms with Crippen LogP contribution in [-0.4, -0.2) is 10.8 Å². The second-order valence-electron chi connectivity index (χ2n) is 6.36. The lowest BCUT2D eigenvalue weighted by atomic mass is 9.83. The third-order valence-corrected chi connectivity index (χ3v) is 5.10. The van der Waals surface area contributed by atoms with Crippen LogP contribution in [0.1, 0.15) is 43.7 Å². The van der Waals surface area contributed by atoms with Crippen LogP contribution >= 0.6 is 12.2 Å². The highest BCUT2D eigenvalue weighted by Crippen LogP contribution is 2.34. The van der Waals surface area contributed by atoms with Gasteiger partial charge in [0.15, 0.2) is 5.11 Å². The average molecular weight is 289 g/mol. The van der Waals surface area contributed by atoms with E-state index in [-0.39, 0.29) is 5.66 Å². The van der Waals surface area contributed by atoms with E-state index in [4.69, 9.17) is 12.2 Å². The van der Waals surface area contributed by atoms with Gasteiger partial charge in [0.1, 0.15) is 5.66 Å². The van der Waals surface area contributed by atoms with Gasteiger partial charge in [-0.05, 0) is 74.9 Å². The van der Waals surface area contributed by atoms with Crippen molar-refractivity contribution in [2.45, 2.75) is 52.1 Å². The summed E-state index contributed by atoms with van der Waals surface area (Å²) in [6.07, 6.45) is 4.78. The van der Waals surface area contributed by atoms with E-state index in [2.05, 4.69) is 54.7 Å². The van der Waals surface area contributed by atoms with Crippen LogP contribution in [-0.2, 0) is 0 Å². The average Bonchev–Trinajstić information content (AvgIpc) is 2.74. The van der Waals surface area contributed by atoms with Gasteiger partial charge >= 0.3 is 0 Å². The number of nitrogens with zero attached hydrogens (tertiary/aromatic N) is 1. The maximum absolute atomic E-state index is 5.56. The number of hydrogen-bond acceptors (Lipinski definition) is 2. The van der Waals surface area contributed by atoms with Crippen molar-refractivity contribution in [3.63, 3.8) is 0 Å². The second-order valence-corrected chi connectivity index (χ2v) is 6.75. The molecule has 1 spiro atoms. The molecule has 1 saturated heterocycles. The maximum Gasteiger partial charge on any atom is 0.189 e. The Morgan fingerprint density at radius 1 is 1.25 bits per heavy atom. The molecular weight excluding hydrogens is 266 g/mol. The molecule has 0 bridgehead atoms. The standard InChI is InChI=1S/C16H23N3S/c1-11-7-9-16(10-8-11)17-15(20)19(18-16)14-6-4-5-12(2)13(14)3/h4-6,11,18H,7-10H2,1-3H3,(H,17,20). The molecule has 0 aromatic heterocycles. The zero-order chi connectivity index (χ0) is 14.3. The molecule has 1 heterocycles. The molecule has 0 unspecified atom stereocenters. The van der Waals surface area contributed by atoms with Gasteiger partial charge in [0, 0.05) is 0 Å². The number of hydrazine groups is 1. The molecule has 1 aliphatic heterocycles. The number of thiocarbonyl (C=S) groups is 1. The van der Waals surface area contributed by atoms with E-state index in [0.717, 1.165) is 29.6 Å². The molecule has 0 amide bonds. The summed E-state index contributed by atoms with van der Waals surface area (Å²) in [6.45, 7) is 6.63. The SMILES string of the molecule is Cc1cccc(N2NC3(CCC(C)CC3)NC2=S)c1C. The lowest BCUT2D eigenvalue weighted by Gasteiger charge is -2.36. The number of hydrogen-bond donors (Lipinski definition) is 2. The smallest absolute Gasteiger partial charge is 0.189 e. The monoisotopic (exact) mass is 289 g/mol. The summed E-state index contributed by atoms with van der Waals surface area (Å²) in [6, 6.07) is 6.37. The van der Waals surface area contributed by atoms with Crippen molar-refractivity contribution in [3.8, 4) is 0 Å². The maximum atomic E-state index is 5.56. The van der Waals surface area contributed by atoms with E-state index in [1.807, 2.05) is 0 Å². The first-order valence-corrected chi connectivity index (χ1v) is 7.88. The molecule has 0 radical (unpaired) electrons. The first-order valence-electron chi connectivity index (χ1n) is 7.47. The predicted molar refractivity (Wildman–Crippen MR) is 87.6 cm³/mol. The minimum atomic E-state index is -0.0280. The second kappa shape index (κ2) is 5.01. The third-order valence-electron chi connectivity index (χ3n) is 4.82. The van der Waals surface area contributed by atoms with Crippen LogP contribution in [0.4, 0.5) is 5.69 Å². The van der Waals surface area contributed by atoms with Gasteiger partial charge < -0.3 is 5.32 Å². The van der Waals surface area contributed by atoms with Gasteiger partial charge in [-0.3, -0.25) is 0 Å². The van der Waals surface area contributed by atoms with Crippen molar-refractivity contribution in [2.24, 2.45) is 5.92 Å². The van der Waals surface area contributed by atoms with E-state index < -0.39 is 0 Å². The highest BCUT2D eigenvalue weighted by molar-refractivity contribution is 7.80. The van der Waals surface area contributed by atoms with Crippen LogP contribution in [0.5, 0.6) is 0 Å². The number of nitrogens with one attached hydrogen (secondary N) is 2. The van der Waals surface area contributed by atoms with Crippen LogP contribution in [0.15, 0.2) is 18.2 Å². The summed E-state index contributed by atoms with van der Waals surface area (Å²) in [5.41, 5.74) is 7.36. The quantitative estimate of drug-likeness (QED) is 0.775. The van der Waals surface area contributed by atoms with Gasteiger partial charge in [-0.25, -0.2) is 10.4 Å². The normalized spacial score (nSPS) is 29.9. The van der Waals surface area contributed by atoms with Gasteiger partial charge in [0.2, 0.25) is 0 Å². The Morgan fingerprint density at radius 3 is 2.65 bits per heavy atom. The summed E-state index contributed by atoms with van der Waals surface area (Å²) in [4.78, 5) is 0. The Kier molecular flexibility index (Phi) is 3.46. The minimum absolute atomic E-state index is 0.0280. The molecule has 108 valence electrons. The fourth-order valence-corrected chi connectivity index (χ4v) is 3.53. The first kappa shape index (κ1) is 13.8. The summed E-state index contributed by atoms with van der Waals surface area (Å²) in [7, 11) is 0. The molecular formula is C16H23N3S. The Bertz CT molecular complexity index is 533. The van der Waals surface area contributed by atoms with Crippen molar-refractivity contribution >= 4 is 23.0 Å². The molecule has 2 N–H and O–H groups in total. The van der Waals surface area contributed by atoms with Gasteiger partial charge in [-0.15, -0.1) is 0 Å². The van der Waals surface area contributed by atoms with Crippen molar-refractivity contribution in [2.75, 3.05) is 5.01 Å². The summed E-state index contributed by atoms with van der Waals surface area (Å²) < 4.78 is 0. The zero-order valence-corrected chi connectivity index (χ0v) is 13.3.